The Balaban J connectivity index is 2.17. The second-order valence-corrected chi connectivity index (χ2v) is 6.28. The Bertz CT molecular complexity index is 544. The van der Waals surface area contributed by atoms with E-state index in [2.05, 4.69) is 10.3 Å². The zero-order chi connectivity index (χ0) is 15.8. The minimum atomic E-state index is -0.437. The molecule has 0 aliphatic carbocycles. The van der Waals surface area contributed by atoms with E-state index in [1.165, 1.54) is 0 Å². The predicted octanol–water partition coefficient (Wildman–Crippen LogP) is 0.586. The van der Waals surface area contributed by atoms with Crippen molar-refractivity contribution in [2.45, 2.75) is 45.8 Å². The van der Waals surface area contributed by atoms with Crippen LogP contribution in [0.25, 0.3) is 0 Å². The Morgan fingerprint density at radius 3 is 2.33 bits per heavy atom. The van der Waals surface area contributed by atoms with Crippen molar-refractivity contribution in [3.05, 3.63) is 17.8 Å². The van der Waals surface area contributed by atoms with Crippen LogP contribution >= 0.6 is 0 Å². The van der Waals surface area contributed by atoms with E-state index in [0.29, 0.717) is 5.82 Å². The molecule has 1 saturated heterocycles. The van der Waals surface area contributed by atoms with Gasteiger partial charge in [0.25, 0.3) is 0 Å². The fraction of sp³-hybridized carbons (Fsp3) is 0.571. The van der Waals surface area contributed by atoms with Crippen LogP contribution in [0.2, 0.25) is 0 Å². The van der Waals surface area contributed by atoms with Crippen molar-refractivity contribution in [1.29, 1.82) is 0 Å². The van der Waals surface area contributed by atoms with E-state index in [9.17, 15) is 4.79 Å². The van der Waals surface area contributed by atoms with Gasteiger partial charge in [-0.1, -0.05) is 6.07 Å². The first-order valence-corrected chi connectivity index (χ1v) is 6.98. The highest BCUT2D eigenvalue weighted by atomic mass is 16.7. The molecule has 0 radical (unpaired) electrons. The largest absolute Gasteiger partial charge is 0.496 e. The van der Waals surface area contributed by atoms with Crippen LogP contribution in [-0.2, 0) is 14.1 Å². The Hall–Kier alpha value is -1.60. The molecule has 0 atom stereocenters. The molecule has 2 rings (SSSR count). The van der Waals surface area contributed by atoms with Crippen LogP contribution in [0.3, 0.4) is 0 Å². The van der Waals surface area contributed by atoms with Gasteiger partial charge in [-0.2, -0.15) is 0 Å². The number of nitrogens with two attached hydrogens (primary N) is 1. The molecular weight excluding hydrogens is 269 g/mol. The smallest absolute Gasteiger partial charge is 0.399 e. The van der Waals surface area contributed by atoms with E-state index in [0.717, 1.165) is 11.2 Å². The number of hydrogen-bond donors (Lipinski definition) is 2. The molecule has 0 spiro atoms. The minimum absolute atomic E-state index is 0.0578. The van der Waals surface area contributed by atoms with E-state index in [4.69, 9.17) is 15.0 Å². The number of nitrogens with zero attached hydrogens (tertiary/aromatic N) is 1. The average molecular weight is 291 g/mol. The Kier molecular flexibility index (Phi) is 3.99. The molecule has 1 aromatic heterocycles. The molecule has 1 fully saturated rings. The SMILES string of the molecule is Cc1nc(NCC(N)=O)ccc1B1OC(C)(C)C(C)(C)O1. The number of nitrogens with one attached hydrogen (secondary N) is 1. The second-order valence-electron chi connectivity index (χ2n) is 6.28. The van der Waals surface area contributed by atoms with Crippen LogP contribution in [0.1, 0.15) is 33.4 Å². The molecule has 0 saturated carbocycles. The zero-order valence-corrected chi connectivity index (χ0v) is 13.2. The molecule has 0 unspecified atom stereocenters. The number of hydrogen-bond acceptors (Lipinski definition) is 5. The molecule has 1 amide bonds. The van der Waals surface area contributed by atoms with Crippen LogP contribution in [0.15, 0.2) is 12.1 Å². The van der Waals surface area contributed by atoms with Gasteiger partial charge < -0.3 is 20.4 Å². The van der Waals surface area contributed by atoms with Gasteiger partial charge >= 0.3 is 7.12 Å². The lowest BCUT2D eigenvalue weighted by atomic mass is 9.78. The predicted molar refractivity (Wildman–Crippen MR) is 82.4 cm³/mol. The number of aromatic nitrogens is 1. The first-order valence-electron chi connectivity index (χ1n) is 6.98. The van der Waals surface area contributed by atoms with Crippen molar-refractivity contribution in [1.82, 2.24) is 4.98 Å². The fourth-order valence-corrected chi connectivity index (χ4v) is 2.07. The third kappa shape index (κ3) is 3.19. The van der Waals surface area contributed by atoms with Gasteiger partial charge in [-0.15, -0.1) is 0 Å². The highest BCUT2D eigenvalue weighted by molar-refractivity contribution is 6.62. The molecule has 1 aliphatic rings. The molecule has 0 aromatic carbocycles. The normalized spacial score (nSPS) is 19.6. The maximum atomic E-state index is 10.8. The van der Waals surface area contributed by atoms with E-state index >= 15 is 0 Å². The van der Waals surface area contributed by atoms with Crippen LogP contribution in [-0.4, -0.2) is 35.8 Å². The van der Waals surface area contributed by atoms with Gasteiger partial charge in [0.2, 0.25) is 5.91 Å². The maximum Gasteiger partial charge on any atom is 0.496 e. The summed E-state index contributed by atoms with van der Waals surface area (Å²) in [5, 5.41) is 2.87. The Morgan fingerprint density at radius 1 is 1.29 bits per heavy atom. The summed E-state index contributed by atoms with van der Waals surface area (Å²) in [6.07, 6.45) is 0. The number of aryl methyl sites for hydroxylation is 1. The van der Waals surface area contributed by atoms with Gasteiger partial charge in [-0.25, -0.2) is 4.98 Å². The molecular formula is C14H22BN3O3. The van der Waals surface area contributed by atoms with Gasteiger partial charge in [0.15, 0.2) is 0 Å². The minimum Gasteiger partial charge on any atom is -0.399 e. The van der Waals surface area contributed by atoms with E-state index in [1.54, 1.807) is 6.07 Å². The van der Waals surface area contributed by atoms with Gasteiger partial charge in [0.05, 0.1) is 17.7 Å². The number of amides is 1. The lowest BCUT2D eigenvalue weighted by molar-refractivity contribution is -0.116. The third-order valence-electron chi connectivity index (χ3n) is 4.08. The number of carbonyl (C=O) groups excluding carboxylic acids is 1. The summed E-state index contributed by atoms with van der Waals surface area (Å²) in [4.78, 5) is 15.2. The van der Waals surface area contributed by atoms with Crippen LogP contribution < -0.4 is 16.5 Å². The highest BCUT2D eigenvalue weighted by Gasteiger charge is 2.52. The Morgan fingerprint density at radius 2 is 1.86 bits per heavy atom. The van der Waals surface area contributed by atoms with Crippen LogP contribution in [0, 0.1) is 6.92 Å². The number of rotatable bonds is 4. The number of primary amides is 1. The first-order chi connectivity index (χ1) is 9.62. The topological polar surface area (TPSA) is 86.5 Å². The molecule has 1 aromatic rings. The van der Waals surface area contributed by atoms with Gasteiger partial charge in [-0.3, -0.25) is 4.79 Å². The molecule has 0 bridgehead atoms. The lowest BCUT2D eigenvalue weighted by Crippen LogP contribution is -2.41. The standard InChI is InChI=1S/C14H22BN3O3/c1-9-10(6-7-12(18-9)17-8-11(16)19)15-20-13(2,3)14(4,5)21-15/h6-7H,8H2,1-5H3,(H2,16,19)(H,17,18). The lowest BCUT2D eigenvalue weighted by Gasteiger charge is -2.32. The molecule has 2 heterocycles. The monoisotopic (exact) mass is 291 g/mol. The number of anilines is 1. The summed E-state index contributed by atoms with van der Waals surface area (Å²) >= 11 is 0. The van der Waals surface area contributed by atoms with Crippen LogP contribution in [0.5, 0.6) is 0 Å². The van der Waals surface area contributed by atoms with Crippen molar-refractivity contribution in [3.63, 3.8) is 0 Å². The molecule has 21 heavy (non-hydrogen) atoms. The summed E-state index contributed by atoms with van der Waals surface area (Å²) in [7, 11) is -0.437. The fourth-order valence-electron chi connectivity index (χ4n) is 2.07. The molecule has 3 N–H and O–H groups in total. The third-order valence-corrected chi connectivity index (χ3v) is 4.08. The molecule has 1 aliphatic heterocycles. The quantitative estimate of drug-likeness (QED) is 0.793. The van der Waals surface area contributed by atoms with Gasteiger partial charge in [0, 0.05) is 11.2 Å². The maximum absolute atomic E-state index is 10.8. The van der Waals surface area contributed by atoms with Crippen molar-refractivity contribution in [2.75, 3.05) is 11.9 Å². The molecule has 7 heteroatoms. The average Bonchev–Trinajstić information content (AvgIpc) is 2.55. The first kappa shape index (κ1) is 15.8. The second kappa shape index (κ2) is 5.31. The number of pyridine rings is 1. The van der Waals surface area contributed by atoms with Crippen molar-refractivity contribution >= 4 is 24.3 Å². The summed E-state index contributed by atoms with van der Waals surface area (Å²) in [6, 6.07) is 3.68. The van der Waals surface area contributed by atoms with E-state index < -0.39 is 13.0 Å². The van der Waals surface area contributed by atoms with Crippen molar-refractivity contribution in [3.8, 4) is 0 Å². The van der Waals surface area contributed by atoms with E-state index in [-0.39, 0.29) is 17.7 Å². The number of carbonyl (C=O) groups is 1. The zero-order valence-electron chi connectivity index (χ0n) is 13.2. The summed E-state index contributed by atoms with van der Waals surface area (Å²) in [5.74, 6) is 0.177. The van der Waals surface area contributed by atoms with Crippen LogP contribution in [0.4, 0.5) is 5.82 Å². The van der Waals surface area contributed by atoms with Crippen molar-refractivity contribution < 1.29 is 14.1 Å². The van der Waals surface area contributed by atoms with Crippen molar-refractivity contribution in [2.24, 2.45) is 5.73 Å². The summed E-state index contributed by atoms with van der Waals surface area (Å²) in [6.45, 7) is 9.99. The van der Waals surface area contributed by atoms with Gasteiger partial charge in [-0.05, 0) is 40.7 Å². The Labute approximate surface area is 125 Å². The van der Waals surface area contributed by atoms with Gasteiger partial charge in [0.1, 0.15) is 5.82 Å². The molecule has 6 nitrogen and oxygen atoms in total. The summed E-state index contributed by atoms with van der Waals surface area (Å²) in [5.41, 5.74) is 6.02. The van der Waals surface area contributed by atoms with E-state index in [1.807, 2.05) is 40.7 Å². The molecule has 114 valence electrons. The summed E-state index contributed by atoms with van der Waals surface area (Å²) < 4.78 is 12.0. The highest BCUT2D eigenvalue weighted by Crippen LogP contribution is 2.36.